The zero-order chi connectivity index (χ0) is 21.5. The molecule has 0 bridgehead atoms. The van der Waals surface area contributed by atoms with E-state index in [0.29, 0.717) is 34.3 Å². The number of likely N-dealkylation sites (N-methyl/N-ethyl adjacent to an activating group) is 1. The number of primary amides is 1. The van der Waals surface area contributed by atoms with Crippen LogP contribution in [0.1, 0.15) is 28.0 Å². The zero-order valence-electron chi connectivity index (χ0n) is 16.3. The van der Waals surface area contributed by atoms with E-state index in [0.717, 1.165) is 0 Å². The summed E-state index contributed by atoms with van der Waals surface area (Å²) in [6, 6.07) is 12.3. The molecule has 2 aromatic carbocycles. The van der Waals surface area contributed by atoms with Crippen molar-refractivity contribution in [2.75, 3.05) is 13.6 Å². The van der Waals surface area contributed by atoms with Crippen LogP contribution in [0.3, 0.4) is 0 Å². The van der Waals surface area contributed by atoms with Crippen molar-refractivity contribution in [1.29, 1.82) is 0 Å². The third kappa shape index (κ3) is 3.30. The van der Waals surface area contributed by atoms with Crippen LogP contribution in [0.25, 0.3) is 16.6 Å². The summed E-state index contributed by atoms with van der Waals surface area (Å²) in [6.45, 7) is 0.288. The van der Waals surface area contributed by atoms with Gasteiger partial charge in [-0.25, -0.2) is 4.68 Å². The Kier molecular flexibility index (Phi) is 4.78. The molecule has 4 N–H and O–H groups in total. The van der Waals surface area contributed by atoms with Crippen molar-refractivity contribution in [1.82, 2.24) is 14.7 Å². The van der Waals surface area contributed by atoms with Gasteiger partial charge in [0.25, 0.3) is 11.8 Å². The van der Waals surface area contributed by atoms with E-state index < -0.39 is 17.4 Å². The number of hydrogen-bond acceptors (Lipinski definition) is 5. The molecule has 2 amide bonds. The number of likely N-dealkylation sites (tertiary alicyclic amines) is 1. The van der Waals surface area contributed by atoms with Gasteiger partial charge in [0.05, 0.1) is 17.8 Å². The summed E-state index contributed by atoms with van der Waals surface area (Å²) in [7, 11) is 1.63. The summed E-state index contributed by atoms with van der Waals surface area (Å²) in [5, 5.41) is 24.8. The number of aliphatic hydroxyl groups is 2. The van der Waals surface area contributed by atoms with Crippen molar-refractivity contribution >= 4 is 22.7 Å². The van der Waals surface area contributed by atoms with E-state index >= 15 is 0 Å². The molecule has 0 radical (unpaired) electrons. The minimum absolute atomic E-state index is 0.102. The maximum atomic E-state index is 12.1. The number of nitrogens with zero attached hydrogens (tertiary/aromatic N) is 3. The van der Waals surface area contributed by atoms with Gasteiger partial charge in [0.1, 0.15) is 0 Å². The van der Waals surface area contributed by atoms with Gasteiger partial charge < -0.3 is 20.8 Å². The predicted octanol–water partition coefficient (Wildman–Crippen LogP) is 0.561. The molecule has 0 spiro atoms. The molecule has 0 saturated carbocycles. The number of aromatic nitrogens is 2. The third-order valence-corrected chi connectivity index (χ3v) is 5.17. The fourth-order valence-corrected chi connectivity index (χ4v) is 3.50. The second kappa shape index (κ2) is 7.30. The van der Waals surface area contributed by atoms with Gasteiger partial charge in [-0.2, -0.15) is 5.10 Å². The lowest BCUT2D eigenvalue weighted by Crippen LogP contribution is -2.37. The number of amides is 2. The van der Waals surface area contributed by atoms with E-state index in [1.54, 1.807) is 54.2 Å². The Morgan fingerprint density at radius 2 is 2.10 bits per heavy atom. The van der Waals surface area contributed by atoms with Gasteiger partial charge in [0, 0.05) is 31.0 Å². The molecule has 1 aliphatic rings. The highest BCUT2D eigenvalue weighted by molar-refractivity contribution is 6.04. The average Bonchev–Trinajstić information content (AvgIpc) is 3.26. The number of nitrogens with two attached hydrogens (primary N) is 1. The van der Waals surface area contributed by atoms with Gasteiger partial charge in [0.15, 0.2) is 5.69 Å². The molecular weight excluding hydrogens is 384 g/mol. The fourth-order valence-electron chi connectivity index (χ4n) is 3.50. The van der Waals surface area contributed by atoms with Crippen LogP contribution in [0.2, 0.25) is 0 Å². The molecule has 1 aromatic heterocycles. The predicted molar refractivity (Wildman–Crippen MR) is 110 cm³/mol. The Hall–Kier alpha value is -3.67. The van der Waals surface area contributed by atoms with Crippen LogP contribution in [-0.2, 0) is 11.4 Å². The molecule has 0 aliphatic carbocycles. The number of rotatable bonds is 3. The van der Waals surface area contributed by atoms with E-state index in [2.05, 4.69) is 16.9 Å². The van der Waals surface area contributed by atoms with Gasteiger partial charge in [0.2, 0.25) is 5.60 Å². The quantitative estimate of drug-likeness (QED) is 0.551. The van der Waals surface area contributed by atoms with Crippen LogP contribution in [0.15, 0.2) is 42.5 Å². The first kappa shape index (κ1) is 19.6. The van der Waals surface area contributed by atoms with E-state index in [1.165, 1.54) is 4.90 Å². The Morgan fingerprint density at radius 1 is 1.30 bits per heavy atom. The molecule has 1 aliphatic heterocycles. The monoisotopic (exact) mass is 404 g/mol. The van der Waals surface area contributed by atoms with E-state index in [9.17, 15) is 19.8 Å². The van der Waals surface area contributed by atoms with Crippen LogP contribution >= 0.6 is 0 Å². The molecule has 2 heterocycles. The number of carbonyl (C=O) groups is 2. The lowest BCUT2D eigenvalue weighted by Gasteiger charge is -2.13. The van der Waals surface area contributed by atoms with Gasteiger partial charge in [-0.3, -0.25) is 9.59 Å². The molecule has 1 saturated heterocycles. The van der Waals surface area contributed by atoms with Crippen molar-refractivity contribution in [3.8, 4) is 17.5 Å². The number of benzene rings is 2. The Labute approximate surface area is 172 Å². The second-order valence-corrected chi connectivity index (χ2v) is 7.27. The van der Waals surface area contributed by atoms with Crippen LogP contribution in [0, 0.1) is 11.8 Å². The van der Waals surface area contributed by atoms with Crippen molar-refractivity contribution in [3.05, 3.63) is 59.3 Å². The highest BCUT2D eigenvalue weighted by Crippen LogP contribution is 2.25. The number of aliphatic hydroxyl groups excluding tert-OH is 1. The summed E-state index contributed by atoms with van der Waals surface area (Å²) in [6.07, 6.45) is 0.258. The van der Waals surface area contributed by atoms with Crippen molar-refractivity contribution in [2.24, 2.45) is 5.73 Å². The van der Waals surface area contributed by atoms with Gasteiger partial charge in [-0.15, -0.1) is 0 Å². The molecule has 152 valence electrons. The molecule has 8 heteroatoms. The van der Waals surface area contributed by atoms with Gasteiger partial charge in [-0.05, 0) is 35.9 Å². The third-order valence-electron chi connectivity index (χ3n) is 5.17. The summed E-state index contributed by atoms with van der Waals surface area (Å²) >= 11 is 0. The fraction of sp³-hybridized carbons (Fsp3) is 0.227. The summed E-state index contributed by atoms with van der Waals surface area (Å²) < 4.78 is 1.57. The molecule has 1 fully saturated rings. The zero-order valence-corrected chi connectivity index (χ0v) is 16.3. The lowest BCUT2D eigenvalue weighted by molar-refractivity contribution is -0.137. The summed E-state index contributed by atoms with van der Waals surface area (Å²) in [5.74, 6) is 4.48. The average molecular weight is 404 g/mol. The van der Waals surface area contributed by atoms with E-state index in [-0.39, 0.29) is 18.7 Å². The topological polar surface area (TPSA) is 122 Å². The molecule has 30 heavy (non-hydrogen) atoms. The van der Waals surface area contributed by atoms with Crippen molar-refractivity contribution in [2.45, 2.75) is 18.6 Å². The van der Waals surface area contributed by atoms with Crippen LogP contribution < -0.4 is 5.73 Å². The molecule has 1 atom stereocenters. The van der Waals surface area contributed by atoms with E-state index in [1.807, 2.05) is 0 Å². The van der Waals surface area contributed by atoms with Crippen LogP contribution in [0.4, 0.5) is 0 Å². The Bertz CT molecular complexity index is 1240. The Balaban J connectivity index is 1.77. The first-order valence-electron chi connectivity index (χ1n) is 9.36. The van der Waals surface area contributed by atoms with Crippen molar-refractivity contribution in [3.63, 3.8) is 0 Å². The molecular formula is C22H20N4O4. The minimum Gasteiger partial charge on any atom is -0.392 e. The highest BCUT2D eigenvalue weighted by atomic mass is 16.3. The number of fused-ring (bicyclic) bond motifs is 1. The summed E-state index contributed by atoms with van der Waals surface area (Å²) in [5.41, 5.74) is 6.42. The van der Waals surface area contributed by atoms with Gasteiger partial charge >= 0.3 is 0 Å². The standard InChI is InChI=1S/C22H20N4O4/c1-25-10-9-22(30,21(25)29)8-7-14-3-2-4-16(11-14)26-18-6-5-15(13-27)12-17(18)19(24-26)20(23)28/h2-6,11-12,27,30H,9-10,13H2,1H3,(H2,23,28). The summed E-state index contributed by atoms with van der Waals surface area (Å²) in [4.78, 5) is 25.4. The smallest absolute Gasteiger partial charge is 0.269 e. The van der Waals surface area contributed by atoms with Crippen LogP contribution in [-0.4, -0.2) is 55.9 Å². The molecule has 8 nitrogen and oxygen atoms in total. The highest BCUT2D eigenvalue weighted by Gasteiger charge is 2.42. The molecule has 3 aromatic rings. The SMILES string of the molecule is CN1CCC(O)(C#Cc2cccc(-n3nc(C(N)=O)c4cc(CO)ccc43)c2)C1=O. The first-order valence-corrected chi connectivity index (χ1v) is 9.36. The minimum atomic E-state index is -1.68. The van der Waals surface area contributed by atoms with E-state index in [4.69, 9.17) is 5.73 Å². The normalized spacial score (nSPS) is 18.5. The Morgan fingerprint density at radius 3 is 2.77 bits per heavy atom. The molecule has 1 unspecified atom stereocenters. The largest absolute Gasteiger partial charge is 0.392 e. The van der Waals surface area contributed by atoms with Gasteiger partial charge in [-0.1, -0.05) is 24.0 Å². The number of hydrogen-bond donors (Lipinski definition) is 3. The maximum absolute atomic E-state index is 12.1. The molecule has 4 rings (SSSR count). The second-order valence-electron chi connectivity index (χ2n) is 7.27. The maximum Gasteiger partial charge on any atom is 0.269 e. The van der Waals surface area contributed by atoms with Crippen LogP contribution in [0.5, 0.6) is 0 Å². The van der Waals surface area contributed by atoms with Crippen molar-refractivity contribution < 1.29 is 19.8 Å². The first-order chi connectivity index (χ1) is 14.3. The number of carbonyl (C=O) groups excluding carboxylic acids is 2. The lowest BCUT2D eigenvalue weighted by atomic mass is 10.0.